The summed E-state index contributed by atoms with van der Waals surface area (Å²) in [5.74, 6) is 0.391. The van der Waals surface area contributed by atoms with E-state index in [1.54, 1.807) is 13.2 Å². The van der Waals surface area contributed by atoms with E-state index in [0.29, 0.717) is 10.7 Å². The van der Waals surface area contributed by atoms with E-state index in [0.717, 1.165) is 33.7 Å². The van der Waals surface area contributed by atoms with Crippen molar-refractivity contribution in [1.29, 1.82) is 0 Å². The number of hydrogen-bond acceptors (Lipinski definition) is 4. The average molecular weight is 375 g/mol. The molecule has 27 heavy (non-hydrogen) atoms. The predicted molar refractivity (Wildman–Crippen MR) is 108 cm³/mol. The van der Waals surface area contributed by atoms with Gasteiger partial charge in [0.05, 0.1) is 18.6 Å². The Morgan fingerprint density at radius 1 is 0.963 bits per heavy atom. The molecule has 0 N–H and O–H groups in total. The number of hydrogen-bond donors (Lipinski definition) is 0. The van der Waals surface area contributed by atoms with Gasteiger partial charge in [-0.25, -0.2) is 0 Å². The number of benzene rings is 3. The molecule has 4 nitrogen and oxygen atoms in total. The third-order valence-corrected chi connectivity index (χ3v) is 5.41. The maximum Gasteiger partial charge on any atom is 0.293 e. The number of imide groups is 1. The highest BCUT2D eigenvalue weighted by atomic mass is 32.2. The van der Waals surface area contributed by atoms with Crippen LogP contribution in [0.4, 0.5) is 4.79 Å². The van der Waals surface area contributed by atoms with Crippen LogP contribution in [0.25, 0.3) is 16.8 Å². The highest BCUT2D eigenvalue weighted by Crippen LogP contribution is 2.35. The van der Waals surface area contributed by atoms with E-state index in [2.05, 4.69) is 0 Å². The van der Waals surface area contributed by atoms with Crippen molar-refractivity contribution in [3.63, 3.8) is 0 Å². The first-order chi connectivity index (χ1) is 13.2. The van der Waals surface area contributed by atoms with E-state index in [1.807, 2.05) is 66.7 Å². The molecule has 0 radical (unpaired) electrons. The maximum absolute atomic E-state index is 12.8. The Bertz CT molecular complexity index is 1070. The van der Waals surface area contributed by atoms with Crippen molar-refractivity contribution in [2.75, 3.05) is 7.11 Å². The van der Waals surface area contributed by atoms with Gasteiger partial charge in [0.15, 0.2) is 0 Å². The largest absolute Gasteiger partial charge is 0.496 e. The van der Waals surface area contributed by atoms with Crippen LogP contribution in [0.15, 0.2) is 71.6 Å². The van der Waals surface area contributed by atoms with Crippen molar-refractivity contribution < 1.29 is 14.3 Å². The van der Waals surface area contributed by atoms with Gasteiger partial charge in [-0.05, 0) is 40.2 Å². The molecule has 1 aliphatic rings. The smallest absolute Gasteiger partial charge is 0.293 e. The lowest BCUT2D eigenvalue weighted by molar-refractivity contribution is -0.123. The molecule has 0 spiro atoms. The number of thioether (sulfide) groups is 1. The van der Waals surface area contributed by atoms with Gasteiger partial charge in [0, 0.05) is 5.56 Å². The molecule has 2 amide bonds. The molecule has 3 aromatic carbocycles. The Morgan fingerprint density at radius 3 is 2.56 bits per heavy atom. The number of rotatable bonds is 4. The normalized spacial score (nSPS) is 15.7. The molecule has 0 atom stereocenters. The Labute approximate surface area is 161 Å². The lowest BCUT2D eigenvalue weighted by Gasteiger charge is -2.14. The molecule has 0 aromatic heterocycles. The van der Waals surface area contributed by atoms with Crippen molar-refractivity contribution in [1.82, 2.24) is 4.90 Å². The first kappa shape index (κ1) is 17.4. The van der Waals surface area contributed by atoms with Crippen LogP contribution in [0, 0.1) is 0 Å². The van der Waals surface area contributed by atoms with Crippen LogP contribution in [0.5, 0.6) is 5.75 Å². The minimum absolute atomic E-state index is 0.255. The molecular weight excluding hydrogens is 358 g/mol. The lowest BCUT2D eigenvalue weighted by atomic mass is 10.0. The molecule has 0 bridgehead atoms. The summed E-state index contributed by atoms with van der Waals surface area (Å²) in [5.41, 5.74) is 1.73. The average Bonchev–Trinajstić information content (AvgIpc) is 2.96. The summed E-state index contributed by atoms with van der Waals surface area (Å²) in [6.07, 6.45) is 1.72. The molecule has 3 aromatic rings. The first-order valence-corrected chi connectivity index (χ1v) is 9.34. The molecule has 1 aliphatic heterocycles. The number of carbonyl (C=O) groups is 2. The Kier molecular flexibility index (Phi) is 4.69. The summed E-state index contributed by atoms with van der Waals surface area (Å²) in [7, 11) is 1.58. The van der Waals surface area contributed by atoms with Gasteiger partial charge in [-0.2, -0.15) is 0 Å². The number of carbonyl (C=O) groups excluding carboxylic acids is 2. The van der Waals surface area contributed by atoms with Crippen molar-refractivity contribution >= 4 is 39.8 Å². The zero-order chi connectivity index (χ0) is 18.8. The number of methoxy groups -OCH3 is 1. The third-order valence-electron chi connectivity index (χ3n) is 4.51. The minimum Gasteiger partial charge on any atom is -0.496 e. The van der Waals surface area contributed by atoms with Gasteiger partial charge < -0.3 is 4.74 Å². The van der Waals surface area contributed by atoms with Crippen molar-refractivity contribution in [3.05, 3.63) is 82.8 Å². The summed E-state index contributed by atoms with van der Waals surface area (Å²) in [6.45, 7) is 0.259. The Morgan fingerprint density at radius 2 is 1.70 bits per heavy atom. The number of nitrogens with zero attached hydrogens (tertiary/aromatic N) is 1. The molecule has 0 unspecified atom stereocenters. The third kappa shape index (κ3) is 3.34. The van der Waals surface area contributed by atoms with E-state index in [-0.39, 0.29) is 17.7 Å². The number of ether oxygens (including phenoxy) is 1. The molecule has 5 heteroatoms. The Balaban J connectivity index is 1.64. The molecule has 4 rings (SSSR count). The lowest BCUT2D eigenvalue weighted by Crippen LogP contribution is -2.27. The predicted octanol–water partition coefficient (Wildman–Crippen LogP) is 5.08. The van der Waals surface area contributed by atoms with Crippen LogP contribution < -0.4 is 4.74 Å². The van der Waals surface area contributed by atoms with Gasteiger partial charge in [0.2, 0.25) is 0 Å². The van der Waals surface area contributed by atoms with E-state index < -0.39 is 0 Å². The van der Waals surface area contributed by atoms with Gasteiger partial charge in [-0.3, -0.25) is 14.5 Å². The van der Waals surface area contributed by atoms with Gasteiger partial charge in [-0.15, -0.1) is 0 Å². The van der Waals surface area contributed by atoms with Crippen LogP contribution in [-0.2, 0) is 11.3 Å². The molecule has 0 saturated carbocycles. The second kappa shape index (κ2) is 7.29. The summed E-state index contributed by atoms with van der Waals surface area (Å²) in [4.78, 5) is 27.0. The second-order valence-electron chi connectivity index (χ2n) is 6.15. The van der Waals surface area contributed by atoms with Gasteiger partial charge >= 0.3 is 0 Å². The summed E-state index contributed by atoms with van der Waals surface area (Å²) >= 11 is 0.963. The molecule has 1 fully saturated rings. The quantitative estimate of drug-likeness (QED) is 0.596. The topological polar surface area (TPSA) is 46.6 Å². The standard InChI is InChI=1S/C22H17NO3S/c1-26-19-12-5-3-8-16(19)13-20-21(24)23(22(25)27-20)14-17-10-6-9-15-7-2-4-11-18(15)17/h2-13H,14H2,1H3/b20-13+. The zero-order valence-electron chi connectivity index (χ0n) is 14.7. The summed E-state index contributed by atoms with van der Waals surface area (Å²) < 4.78 is 5.32. The van der Waals surface area contributed by atoms with E-state index in [1.165, 1.54) is 4.90 Å². The maximum atomic E-state index is 12.8. The van der Waals surface area contributed by atoms with Gasteiger partial charge in [0.1, 0.15) is 5.75 Å². The summed E-state index contributed by atoms with van der Waals surface area (Å²) in [5, 5.41) is 1.88. The number of para-hydroxylation sites is 1. The number of fused-ring (bicyclic) bond motifs is 1. The van der Waals surface area contributed by atoms with E-state index in [4.69, 9.17) is 4.74 Å². The SMILES string of the molecule is COc1ccccc1/C=C1/SC(=O)N(Cc2cccc3ccccc23)C1=O. The highest BCUT2D eigenvalue weighted by molar-refractivity contribution is 8.18. The molecule has 1 saturated heterocycles. The fraction of sp³-hybridized carbons (Fsp3) is 0.0909. The van der Waals surface area contributed by atoms with Crippen LogP contribution in [-0.4, -0.2) is 23.2 Å². The van der Waals surface area contributed by atoms with Gasteiger partial charge in [0.25, 0.3) is 11.1 Å². The molecule has 0 aliphatic carbocycles. The second-order valence-corrected chi connectivity index (χ2v) is 7.14. The molecule has 134 valence electrons. The van der Waals surface area contributed by atoms with Crippen molar-refractivity contribution in [3.8, 4) is 5.75 Å². The van der Waals surface area contributed by atoms with Crippen LogP contribution in [0.2, 0.25) is 0 Å². The van der Waals surface area contributed by atoms with Crippen molar-refractivity contribution in [2.24, 2.45) is 0 Å². The first-order valence-electron chi connectivity index (χ1n) is 8.52. The van der Waals surface area contributed by atoms with Crippen LogP contribution in [0.1, 0.15) is 11.1 Å². The monoisotopic (exact) mass is 375 g/mol. The van der Waals surface area contributed by atoms with E-state index >= 15 is 0 Å². The summed E-state index contributed by atoms with van der Waals surface area (Å²) in [6, 6.07) is 21.3. The molecular formula is C22H17NO3S. The fourth-order valence-corrected chi connectivity index (χ4v) is 3.99. The van der Waals surface area contributed by atoms with Gasteiger partial charge in [-0.1, -0.05) is 60.7 Å². The Hall–Kier alpha value is -3.05. The highest BCUT2D eigenvalue weighted by Gasteiger charge is 2.35. The number of amides is 2. The van der Waals surface area contributed by atoms with E-state index in [9.17, 15) is 9.59 Å². The minimum atomic E-state index is -0.274. The fourth-order valence-electron chi connectivity index (χ4n) is 3.16. The van der Waals surface area contributed by atoms with Crippen LogP contribution >= 0.6 is 11.8 Å². The molecule has 1 heterocycles. The van der Waals surface area contributed by atoms with Crippen molar-refractivity contribution in [2.45, 2.75) is 6.54 Å². The zero-order valence-corrected chi connectivity index (χ0v) is 15.5. The van der Waals surface area contributed by atoms with Crippen LogP contribution in [0.3, 0.4) is 0 Å².